The predicted molar refractivity (Wildman–Crippen MR) is 109 cm³/mol. The van der Waals surface area contributed by atoms with Gasteiger partial charge in [0.2, 0.25) is 11.8 Å². The van der Waals surface area contributed by atoms with Crippen LogP contribution >= 0.6 is 0 Å². The molecule has 0 aromatic heterocycles. The van der Waals surface area contributed by atoms with Gasteiger partial charge in [0, 0.05) is 6.54 Å². The highest BCUT2D eigenvalue weighted by molar-refractivity contribution is 5.94. The molecule has 13 nitrogen and oxygen atoms in total. The van der Waals surface area contributed by atoms with Gasteiger partial charge in [-0.2, -0.15) is 0 Å². The predicted octanol–water partition coefficient (Wildman–Crippen LogP) is -4.02. The molecule has 2 unspecified atom stereocenters. The molecular weight excluding hydrogens is 428 g/mol. The fourth-order valence-corrected chi connectivity index (χ4v) is 3.45. The molecule has 0 radical (unpaired) electrons. The normalized spacial score (nSPS) is 29.4. The SMILES string of the molecule is CC(=O)C(C=O)C[C@H](C(N)=O)N(CC(C)O[C@@H]1[C@@H](N)[C@@H](O)O[C@H](CO)[C@H]1O)C(=O)[C@H](C)N. The Morgan fingerprint density at radius 3 is 2.28 bits per heavy atom. The number of aliphatic hydroxyl groups excluding tert-OH is 3. The monoisotopic (exact) mass is 462 g/mol. The van der Waals surface area contributed by atoms with Crippen LogP contribution in [0, 0.1) is 5.92 Å². The summed E-state index contributed by atoms with van der Waals surface area (Å²) >= 11 is 0. The number of primary amides is 1. The molecule has 184 valence electrons. The number of carbonyl (C=O) groups is 4. The van der Waals surface area contributed by atoms with Crippen LogP contribution in [0.4, 0.5) is 0 Å². The second kappa shape index (κ2) is 12.3. The number of hydrogen-bond donors (Lipinski definition) is 6. The number of carbonyl (C=O) groups excluding carboxylic acids is 4. The second-order valence-electron chi connectivity index (χ2n) is 8.01. The van der Waals surface area contributed by atoms with Crippen molar-refractivity contribution >= 4 is 23.9 Å². The average molecular weight is 463 g/mol. The van der Waals surface area contributed by atoms with E-state index in [4.69, 9.17) is 26.7 Å². The zero-order chi connectivity index (χ0) is 24.7. The molecule has 13 heteroatoms. The van der Waals surface area contributed by atoms with Crippen molar-refractivity contribution in [2.45, 2.75) is 76.0 Å². The molecule has 0 saturated carbocycles. The Balaban J connectivity index is 3.11. The number of nitrogens with zero attached hydrogens (tertiary/aromatic N) is 1. The van der Waals surface area contributed by atoms with Crippen molar-refractivity contribution in [1.29, 1.82) is 0 Å². The van der Waals surface area contributed by atoms with E-state index in [0.717, 1.165) is 4.90 Å². The molecule has 9 atom stereocenters. The van der Waals surface area contributed by atoms with Crippen LogP contribution in [-0.4, -0.2) is 106 Å². The highest BCUT2D eigenvalue weighted by Crippen LogP contribution is 2.23. The number of Topliss-reactive ketones (excluding diaryl/α,β-unsaturated/α-hetero) is 1. The van der Waals surface area contributed by atoms with Gasteiger partial charge < -0.3 is 51.7 Å². The molecule has 1 aliphatic heterocycles. The van der Waals surface area contributed by atoms with Crippen LogP contribution in [0.3, 0.4) is 0 Å². The molecule has 0 aromatic carbocycles. The summed E-state index contributed by atoms with van der Waals surface area (Å²) in [6.07, 6.45) is -6.05. The quantitative estimate of drug-likeness (QED) is 0.121. The lowest BCUT2D eigenvalue weighted by molar-refractivity contribution is -0.263. The van der Waals surface area contributed by atoms with Gasteiger partial charge in [-0.15, -0.1) is 0 Å². The molecule has 2 amide bonds. The second-order valence-corrected chi connectivity index (χ2v) is 8.01. The molecule has 32 heavy (non-hydrogen) atoms. The molecule has 1 aliphatic rings. The maximum Gasteiger partial charge on any atom is 0.240 e. The van der Waals surface area contributed by atoms with Gasteiger partial charge in [-0.1, -0.05) is 0 Å². The number of nitrogens with two attached hydrogens (primary N) is 3. The van der Waals surface area contributed by atoms with Gasteiger partial charge in [-0.3, -0.25) is 14.4 Å². The maximum atomic E-state index is 12.7. The minimum Gasteiger partial charge on any atom is -0.394 e. The van der Waals surface area contributed by atoms with Gasteiger partial charge in [0.15, 0.2) is 6.29 Å². The van der Waals surface area contributed by atoms with Crippen LogP contribution in [0.25, 0.3) is 0 Å². The Hall–Kier alpha value is -2.00. The highest BCUT2D eigenvalue weighted by Gasteiger charge is 2.44. The van der Waals surface area contributed by atoms with Gasteiger partial charge in [-0.25, -0.2) is 0 Å². The van der Waals surface area contributed by atoms with Crippen molar-refractivity contribution in [3.63, 3.8) is 0 Å². The number of ketones is 1. The van der Waals surface area contributed by atoms with Crippen LogP contribution in [0.15, 0.2) is 0 Å². The average Bonchev–Trinajstić information content (AvgIpc) is 2.72. The number of rotatable bonds is 12. The van der Waals surface area contributed by atoms with E-state index in [1.807, 2.05) is 0 Å². The van der Waals surface area contributed by atoms with E-state index in [2.05, 4.69) is 0 Å². The van der Waals surface area contributed by atoms with Crippen LogP contribution in [0.1, 0.15) is 27.2 Å². The summed E-state index contributed by atoms with van der Waals surface area (Å²) < 4.78 is 10.8. The third kappa shape index (κ3) is 7.00. The lowest BCUT2D eigenvalue weighted by Gasteiger charge is -2.42. The summed E-state index contributed by atoms with van der Waals surface area (Å²) in [5, 5.41) is 29.6. The van der Waals surface area contributed by atoms with Crippen LogP contribution in [0.2, 0.25) is 0 Å². The number of aliphatic hydroxyl groups is 3. The van der Waals surface area contributed by atoms with E-state index in [1.165, 1.54) is 20.8 Å². The van der Waals surface area contributed by atoms with Crippen molar-refractivity contribution in [3.8, 4) is 0 Å². The van der Waals surface area contributed by atoms with Gasteiger partial charge in [0.25, 0.3) is 0 Å². The van der Waals surface area contributed by atoms with Crippen LogP contribution < -0.4 is 17.2 Å². The van der Waals surface area contributed by atoms with Gasteiger partial charge >= 0.3 is 0 Å². The van der Waals surface area contributed by atoms with E-state index >= 15 is 0 Å². The van der Waals surface area contributed by atoms with E-state index < -0.39 is 79.0 Å². The molecule has 0 bridgehead atoms. The van der Waals surface area contributed by atoms with Crippen LogP contribution in [-0.2, 0) is 28.7 Å². The Morgan fingerprint density at radius 1 is 1.25 bits per heavy atom. The van der Waals surface area contributed by atoms with Crippen molar-refractivity contribution in [2.24, 2.45) is 23.1 Å². The zero-order valence-electron chi connectivity index (χ0n) is 18.4. The first-order valence-corrected chi connectivity index (χ1v) is 10.2. The largest absolute Gasteiger partial charge is 0.394 e. The first-order chi connectivity index (χ1) is 14.8. The topological polar surface area (TPSA) is 229 Å². The Kier molecular flexibility index (Phi) is 10.8. The lowest BCUT2D eigenvalue weighted by Crippen LogP contribution is -2.64. The van der Waals surface area contributed by atoms with Crippen molar-refractivity contribution < 1.29 is 44.0 Å². The van der Waals surface area contributed by atoms with Gasteiger partial charge in [-0.05, 0) is 27.2 Å². The minimum absolute atomic E-state index is 0.256. The molecule has 0 aliphatic carbocycles. The van der Waals surface area contributed by atoms with E-state index in [9.17, 15) is 34.5 Å². The number of aldehydes is 1. The summed E-state index contributed by atoms with van der Waals surface area (Å²) in [6, 6.07) is -3.53. The molecule has 1 rings (SSSR count). The fourth-order valence-electron chi connectivity index (χ4n) is 3.45. The summed E-state index contributed by atoms with van der Waals surface area (Å²) in [4.78, 5) is 48.8. The number of ether oxygens (including phenoxy) is 2. The van der Waals surface area contributed by atoms with Crippen LogP contribution in [0.5, 0.6) is 0 Å². The molecule has 1 heterocycles. The summed E-state index contributed by atoms with van der Waals surface area (Å²) in [6.45, 7) is 3.22. The standard InChI is InChI=1S/C19H34N4O9/c1-8(31-16-14(21)19(30)32-13(7-25)15(16)27)5-23(18(29)9(2)20)12(17(22)28)4-11(6-24)10(3)26/h6,8-9,11-16,19,25,27,30H,4-5,7,20-21H2,1-3H3,(H2,22,28)/t8?,9-,11?,12+,13+,14+,15+,16+,19-/m0/s1. The van der Waals surface area contributed by atoms with Gasteiger partial charge in [0.05, 0.1) is 30.7 Å². The summed E-state index contributed by atoms with van der Waals surface area (Å²) in [5.74, 6) is -3.28. The van der Waals surface area contributed by atoms with Crippen molar-refractivity contribution in [3.05, 3.63) is 0 Å². The molecular formula is C19H34N4O9. The van der Waals surface area contributed by atoms with E-state index in [1.54, 1.807) is 0 Å². The molecule has 0 spiro atoms. The highest BCUT2D eigenvalue weighted by atomic mass is 16.6. The fraction of sp³-hybridized carbons (Fsp3) is 0.789. The molecule has 1 fully saturated rings. The smallest absolute Gasteiger partial charge is 0.240 e. The summed E-state index contributed by atoms with van der Waals surface area (Å²) in [5.41, 5.74) is 17.0. The van der Waals surface area contributed by atoms with Crippen molar-refractivity contribution in [1.82, 2.24) is 4.90 Å². The maximum absolute atomic E-state index is 12.7. The third-order valence-electron chi connectivity index (χ3n) is 5.30. The summed E-state index contributed by atoms with van der Waals surface area (Å²) in [7, 11) is 0. The van der Waals surface area contributed by atoms with E-state index in [-0.39, 0.29) is 13.0 Å². The first-order valence-electron chi connectivity index (χ1n) is 10.2. The first kappa shape index (κ1) is 28.0. The van der Waals surface area contributed by atoms with E-state index in [0.29, 0.717) is 6.29 Å². The molecule has 0 aromatic rings. The third-order valence-corrected chi connectivity index (χ3v) is 5.30. The Bertz CT molecular complexity index is 677. The molecule has 9 N–H and O–H groups in total. The number of hydrogen-bond acceptors (Lipinski definition) is 11. The number of amides is 2. The lowest BCUT2D eigenvalue weighted by atomic mass is 9.95. The van der Waals surface area contributed by atoms with Crippen molar-refractivity contribution in [2.75, 3.05) is 13.2 Å². The zero-order valence-corrected chi connectivity index (χ0v) is 18.4. The Morgan fingerprint density at radius 2 is 1.84 bits per heavy atom. The van der Waals surface area contributed by atoms with Gasteiger partial charge in [0.1, 0.15) is 36.4 Å². The minimum atomic E-state index is -1.52. The molecule has 1 saturated heterocycles. The Labute approximate surface area is 185 Å².